The summed E-state index contributed by atoms with van der Waals surface area (Å²) in [5, 5.41) is 6.40. The molecule has 0 aromatic heterocycles. The molecule has 26 heavy (non-hydrogen) atoms. The van der Waals surface area contributed by atoms with Gasteiger partial charge in [0.05, 0.1) is 0 Å². The molecule has 0 radical (unpaired) electrons. The van der Waals surface area contributed by atoms with E-state index in [4.69, 9.17) is 0 Å². The van der Waals surface area contributed by atoms with E-state index in [2.05, 4.69) is 24.5 Å². The summed E-state index contributed by atoms with van der Waals surface area (Å²) >= 11 is 0. The van der Waals surface area contributed by atoms with Crippen molar-refractivity contribution in [3.8, 4) is 0 Å². The van der Waals surface area contributed by atoms with E-state index in [1.54, 1.807) is 0 Å². The lowest BCUT2D eigenvalue weighted by molar-refractivity contribution is -0.132. The molecule has 3 atom stereocenters. The van der Waals surface area contributed by atoms with Gasteiger partial charge in [-0.05, 0) is 42.7 Å². The normalized spacial score (nSPS) is 22.7. The maximum Gasteiger partial charge on any atom is 0.252 e. The quantitative estimate of drug-likeness (QED) is 0.824. The van der Waals surface area contributed by atoms with Crippen molar-refractivity contribution in [1.82, 2.24) is 15.5 Å². The molecule has 2 heterocycles. The highest BCUT2D eigenvalue weighted by Gasteiger charge is 2.40. The first-order chi connectivity index (χ1) is 12.0. The number of hydrogen-bond donors (Lipinski definition) is 2. The molecule has 0 spiro atoms. The molecule has 2 N–H and O–H groups in total. The standard InChI is InChI=1S/C20H29N3O2.ClH/c1-13(2)8-18(22-19(24)17-7-5-4-6-14(17)3)20(25)23-11-15-9-21-10-16(15)12-23;/h4-7,13,15-16,18,21H,8-12H2,1-3H3,(H,22,24);1H/t15-,16+,18?;. The first-order valence-electron chi connectivity index (χ1n) is 9.31. The summed E-state index contributed by atoms with van der Waals surface area (Å²) in [7, 11) is 0. The molecule has 3 rings (SSSR count). The van der Waals surface area contributed by atoms with E-state index in [1.807, 2.05) is 36.1 Å². The summed E-state index contributed by atoms with van der Waals surface area (Å²) in [5.74, 6) is 1.39. The Morgan fingerprint density at radius 1 is 1.19 bits per heavy atom. The van der Waals surface area contributed by atoms with Crippen LogP contribution in [0.3, 0.4) is 0 Å². The van der Waals surface area contributed by atoms with Crippen LogP contribution < -0.4 is 10.6 Å². The number of carbonyl (C=O) groups is 2. The number of hydrogen-bond acceptors (Lipinski definition) is 3. The average Bonchev–Trinajstić information content (AvgIpc) is 3.15. The molecule has 1 unspecified atom stereocenters. The number of nitrogens with zero attached hydrogens (tertiary/aromatic N) is 1. The van der Waals surface area contributed by atoms with E-state index < -0.39 is 6.04 Å². The minimum absolute atomic E-state index is 0. The topological polar surface area (TPSA) is 61.4 Å². The van der Waals surface area contributed by atoms with Gasteiger partial charge in [-0.2, -0.15) is 0 Å². The van der Waals surface area contributed by atoms with Gasteiger partial charge in [0.1, 0.15) is 6.04 Å². The molecular weight excluding hydrogens is 350 g/mol. The van der Waals surface area contributed by atoms with Crippen LogP contribution in [-0.4, -0.2) is 48.9 Å². The van der Waals surface area contributed by atoms with Crippen molar-refractivity contribution >= 4 is 24.2 Å². The Bertz CT molecular complexity index is 638. The number of amides is 2. The molecule has 1 aromatic carbocycles. The number of nitrogens with one attached hydrogen (secondary N) is 2. The van der Waals surface area contributed by atoms with Crippen molar-refractivity contribution < 1.29 is 9.59 Å². The average molecular weight is 380 g/mol. The molecule has 5 nitrogen and oxygen atoms in total. The van der Waals surface area contributed by atoms with Crippen LogP contribution in [-0.2, 0) is 4.79 Å². The van der Waals surface area contributed by atoms with Gasteiger partial charge in [0, 0.05) is 31.7 Å². The Kier molecular flexibility index (Phi) is 7.07. The first-order valence-corrected chi connectivity index (χ1v) is 9.31. The van der Waals surface area contributed by atoms with Crippen LogP contribution in [0.4, 0.5) is 0 Å². The maximum atomic E-state index is 13.1. The molecule has 2 aliphatic heterocycles. The monoisotopic (exact) mass is 379 g/mol. The highest BCUT2D eigenvalue weighted by atomic mass is 35.5. The summed E-state index contributed by atoms with van der Waals surface area (Å²) < 4.78 is 0. The van der Waals surface area contributed by atoms with Gasteiger partial charge in [0.2, 0.25) is 5.91 Å². The molecule has 1 aromatic rings. The predicted molar refractivity (Wildman–Crippen MR) is 106 cm³/mol. The molecular formula is C20H30ClN3O2. The van der Waals surface area contributed by atoms with Gasteiger partial charge in [0.15, 0.2) is 0 Å². The zero-order chi connectivity index (χ0) is 18.0. The first kappa shape index (κ1) is 20.7. The van der Waals surface area contributed by atoms with Gasteiger partial charge in [-0.1, -0.05) is 32.0 Å². The van der Waals surface area contributed by atoms with E-state index in [1.165, 1.54) is 0 Å². The van der Waals surface area contributed by atoms with E-state index in [0.717, 1.165) is 31.7 Å². The van der Waals surface area contributed by atoms with Gasteiger partial charge < -0.3 is 15.5 Å². The fourth-order valence-electron chi connectivity index (χ4n) is 4.01. The van der Waals surface area contributed by atoms with Gasteiger partial charge in [-0.25, -0.2) is 0 Å². The van der Waals surface area contributed by atoms with Gasteiger partial charge in [0.25, 0.3) is 5.91 Å². The number of halogens is 1. The molecule has 2 saturated heterocycles. The van der Waals surface area contributed by atoms with Crippen LogP contribution in [0.1, 0.15) is 36.2 Å². The molecule has 2 amide bonds. The Morgan fingerprint density at radius 3 is 2.38 bits per heavy atom. The molecule has 0 bridgehead atoms. The van der Waals surface area contributed by atoms with Crippen LogP contribution >= 0.6 is 12.4 Å². The summed E-state index contributed by atoms with van der Waals surface area (Å²) in [5.41, 5.74) is 1.57. The molecule has 0 aliphatic carbocycles. The van der Waals surface area contributed by atoms with Crippen LogP contribution in [0.25, 0.3) is 0 Å². The number of aryl methyl sites for hydroxylation is 1. The zero-order valence-electron chi connectivity index (χ0n) is 15.8. The third-order valence-corrected chi connectivity index (χ3v) is 5.40. The van der Waals surface area contributed by atoms with Crippen molar-refractivity contribution in [2.24, 2.45) is 17.8 Å². The molecule has 2 aliphatic rings. The summed E-state index contributed by atoms with van der Waals surface area (Å²) in [6.45, 7) is 9.71. The van der Waals surface area contributed by atoms with Crippen LogP contribution in [0.5, 0.6) is 0 Å². The fourth-order valence-corrected chi connectivity index (χ4v) is 4.01. The minimum atomic E-state index is -0.445. The molecule has 2 fully saturated rings. The molecule has 144 valence electrons. The third kappa shape index (κ3) is 4.57. The predicted octanol–water partition coefficient (Wildman–Crippen LogP) is 2.24. The van der Waals surface area contributed by atoms with E-state index in [-0.39, 0.29) is 24.2 Å². The number of carbonyl (C=O) groups excluding carboxylic acids is 2. The second kappa shape index (κ2) is 8.87. The van der Waals surface area contributed by atoms with Crippen molar-refractivity contribution in [2.45, 2.75) is 33.2 Å². The lowest BCUT2D eigenvalue weighted by atomic mass is 10.0. The zero-order valence-corrected chi connectivity index (χ0v) is 16.6. The summed E-state index contributed by atoms with van der Waals surface area (Å²) in [4.78, 5) is 27.7. The van der Waals surface area contributed by atoms with Gasteiger partial charge in [-0.15, -0.1) is 12.4 Å². The minimum Gasteiger partial charge on any atom is -0.340 e. The Morgan fingerprint density at radius 2 is 1.81 bits per heavy atom. The number of likely N-dealkylation sites (tertiary alicyclic amines) is 1. The largest absolute Gasteiger partial charge is 0.340 e. The van der Waals surface area contributed by atoms with E-state index >= 15 is 0 Å². The molecule has 0 saturated carbocycles. The van der Waals surface area contributed by atoms with Gasteiger partial charge >= 0.3 is 0 Å². The summed E-state index contributed by atoms with van der Waals surface area (Å²) in [6.07, 6.45) is 0.667. The van der Waals surface area contributed by atoms with Crippen LogP contribution in [0.15, 0.2) is 24.3 Å². The number of fused-ring (bicyclic) bond motifs is 1. The Hall–Kier alpha value is -1.59. The highest BCUT2D eigenvalue weighted by Crippen LogP contribution is 2.27. The second-order valence-corrected chi connectivity index (χ2v) is 7.89. The number of benzene rings is 1. The van der Waals surface area contributed by atoms with E-state index in [0.29, 0.717) is 29.7 Å². The molecule has 6 heteroatoms. The highest BCUT2D eigenvalue weighted by molar-refractivity contribution is 5.98. The fraction of sp³-hybridized carbons (Fsp3) is 0.600. The van der Waals surface area contributed by atoms with Crippen molar-refractivity contribution in [1.29, 1.82) is 0 Å². The Balaban J connectivity index is 0.00000243. The second-order valence-electron chi connectivity index (χ2n) is 7.89. The van der Waals surface area contributed by atoms with Crippen molar-refractivity contribution in [2.75, 3.05) is 26.2 Å². The van der Waals surface area contributed by atoms with Crippen LogP contribution in [0.2, 0.25) is 0 Å². The smallest absolute Gasteiger partial charge is 0.252 e. The number of rotatable bonds is 5. The third-order valence-electron chi connectivity index (χ3n) is 5.40. The SMILES string of the molecule is Cc1ccccc1C(=O)NC(CC(C)C)C(=O)N1C[C@H]2CNC[C@H]2C1.Cl. The van der Waals surface area contributed by atoms with Gasteiger partial charge in [-0.3, -0.25) is 9.59 Å². The van der Waals surface area contributed by atoms with E-state index in [9.17, 15) is 9.59 Å². The lowest BCUT2D eigenvalue weighted by Gasteiger charge is -2.26. The lowest BCUT2D eigenvalue weighted by Crippen LogP contribution is -2.49. The maximum absolute atomic E-state index is 13.1. The Labute approximate surface area is 162 Å². The van der Waals surface area contributed by atoms with Crippen LogP contribution in [0, 0.1) is 24.7 Å². The van der Waals surface area contributed by atoms with Crippen molar-refractivity contribution in [3.63, 3.8) is 0 Å². The van der Waals surface area contributed by atoms with Crippen molar-refractivity contribution in [3.05, 3.63) is 35.4 Å². The summed E-state index contributed by atoms with van der Waals surface area (Å²) in [6, 6.07) is 7.06.